The first-order chi connectivity index (χ1) is 6.41. The molecule has 0 aromatic heterocycles. The van der Waals surface area contributed by atoms with Crippen molar-refractivity contribution < 1.29 is 13.2 Å². The van der Waals surface area contributed by atoms with E-state index in [1.54, 1.807) is 0 Å². The van der Waals surface area contributed by atoms with Crippen LogP contribution >= 0.6 is 0 Å². The first kappa shape index (κ1) is 13.6. The average molecular weight is 221 g/mol. The van der Waals surface area contributed by atoms with Gasteiger partial charge in [-0.1, -0.05) is 13.8 Å². The lowest BCUT2D eigenvalue weighted by Gasteiger charge is -2.11. The maximum absolute atomic E-state index is 11.0. The summed E-state index contributed by atoms with van der Waals surface area (Å²) in [5.74, 6) is 0.000810. The normalized spacial score (nSPS) is 22.7. The number of ketones is 1. The van der Waals surface area contributed by atoms with Gasteiger partial charge in [-0.2, -0.15) is 0 Å². The van der Waals surface area contributed by atoms with E-state index in [4.69, 9.17) is 0 Å². The number of Topliss-reactive ketones (excluding diaryl/α,β-unsaturated/α-hetero) is 1. The van der Waals surface area contributed by atoms with Gasteiger partial charge < -0.3 is 0 Å². The largest absolute Gasteiger partial charge is 0.300 e. The van der Waals surface area contributed by atoms with E-state index in [0.29, 0.717) is 19.5 Å². The molecule has 0 aromatic rings. The van der Waals surface area contributed by atoms with Crippen LogP contribution in [0.2, 0.25) is 0 Å². The zero-order valence-electron chi connectivity index (χ0n) is 9.28. The SMILES string of the molecule is CC.CC(=O)C1CCN(S(C)(=O)=O)C1. The van der Waals surface area contributed by atoms with Crippen molar-refractivity contribution in [2.45, 2.75) is 27.2 Å². The third kappa shape index (κ3) is 3.75. The number of hydrogen-bond acceptors (Lipinski definition) is 3. The molecule has 1 aliphatic rings. The summed E-state index contributed by atoms with van der Waals surface area (Å²) in [5, 5.41) is 0. The van der Waals surface area contributed by atoms with E-state index in [9.17, 15) is 13.2 Å². The quantitative estimate of drug-likeness (QED) is 0.695. The van der Waals surface area contributed by atoms with E-state index in [1.165, 1.54) is 17.5 Å². The third-order valence-electron chi connectivity index (χ3n) is 2.19. The lowest BCUT2D eigenvalue weighted by molar-refractivity contribution is -0.120. The Morgan fingerprint density at radius 2 is 1.86 bits per heavy atom. The van der Waals surface area contributed by atoms with E-state index >= 15 is 0 Å². The Bertz CT molecular complexity index is 284. The summed E-state index contributed by atoms with van der Waals surface area (Å²) >= 11 is 0. The molecular weight excluding hydrogens is 202 g/mol. The Labute approximate surface area is 86.3 Å². The second-order valence-corrected chi connectivity index (χ2v) is 5.20. The minimum atomic E-state index is -3.09. The molecule has 4 nitrogen and oxygen atoms in total. The van der Waals surface area contributed by atoms with Crippen LogP contribution in [0, 0.1) is 5.92 Å². The van der Waals surface area contributed by atoms with Gasteiger partial charge in [-0.3, -0.25) is 4.79 Å². The molecule has 0 N–H and O–H groups in total. The molecule has 0 aromatic carbocycles. The number of hydrogen-bond donors (Lipinski definition) is 0. The molecule has 14 heavy (non-hydrogen) atoms. The van der Waals surface area contributed by atoms with Crippen molar-refractivity contribution in [2.75, 3.05) is 19.3 Å². The lowest BCUT2D eigenvalue weighted by Crippen LogP contribution is -2.28. The van der Waals surface area contributed by atoms with E-state index in [0.717, 1.165) is 0 Å². The number of sulfonamides is 1. The van der Waals surface area contributed by atoms with Gasteiger partial charge in [0.25, 0.3) is 0 Å². The van der Waals surface area contributed by atoms with Crippen molar-refractivity contribution >= 4 is 15.8 Å². The van der Waals surface area contributed by atoms with Gasteiger partial charge in [0.1, 0.15) is 5.78 Å². The highest BCUT2D eigenvalue weighted by molar-refractivity contribution is 7.88. The molecule has 1 fully saturated rings. The van der Waals surface area contributed by atoms with Gasteiger partial charge in [0, 0.05) is 19.0 Å². The highest BCUT2D eigenvalue weighted by Gasteiger charge is 2.30. The van der Waals surface area contributed by atoms with Gasteiger partial charge in [-0.25, -0.2) is 12.7 Å². The van der Waals surface area contributed by atoms with Crippen molar-refractivity contribution in [1.82, 2.24) is 4.31 Å². The minimum Gasteiger partial charge on any atom is -0.300 e. The van der Waals surface area contributed by atoms with Crippen molar-refractivity contribution in [3.05, 3.63) is 0 Å². The second-order valence-electron chi connectivity index (χ2n) is 3.22. The Morgan fingerprint density at radius 3 is 2.07 bits per heavy atom. The molecule has 84 valence electrons. The topological polar surface area (TPSA) is 54.5 Å². The summed E-state index contributed by atoms with van der Waals surface area (Å²) in [7, 11) is -3.09. The highest BCUT2D eigenvalue weighted by atomic mass is 32.2. The zero-order valence-corrected chi connectivity index (χ0v) is 10.1. The summed E-state index contributed by atoms with van der Waals surface area (Å²) in [4.78, 5) is 10.9. The third-order valence-corrected chi connectivity index (χ3v) is 3.46. The van der Waals surface area contributed by atoms with Crippen molar-refractivity contribution in [3.63, 3.8) is 0 Å². The van der Waals surface area contributed by atoms with Crippen LogP contribution < -0.4 is 0 Å². The number of rotatable bonds is 2. The average Bonchev–Trinajstić information content (AvgIpc) is 2.54. The summed E-state index contributed by atoms with van der Waals surface area (Å²) in [6, 6.07) is 0. The van der Waals surface area contributed by atoms with E-state index in [-0.39, 0.29) is 11.7 Å². The summed E-state index contributed by atoms with van der Waals surface area (Å²) in [6.45, 7) is 6.37. The molecule has 1 unspecified atom stereocenters. The van der Waals surface area contributed by atoms with Gasteiger partial charge in [-0.15, -0.1) is 0 Å². The number of nitrogens with zero attached hydrogens (tertiary/aromatic N) is 1. The fraction of sp³-hybridized carbons (Fsp3) is 0.889. The van der Waals surface area contributed by atoms with Crippen LogP contribution in [0.1, 0.15) is 27.2 Å². The van der Waals surface area contributed by atoms with Gasteiger partial charge in [0.05, 0.1) is 6.26 Å². The standard InChI is InChI=1S/C7H13NO3S.C2H6/c1-6(9)7-3-4-8(5-7)12(2,10)11;1-2/h7H,3-5H2,1-2H3;1-2H3. The predicted octanol–water partition coefficient (Wildman–Crippen LogP) is 0.883. The van der Waals surface area contributed by atoms with Crippen LogP contribution in [0.25, 0.3) is 0 Å². The fourth-order valence-corrected chi connectivity index (χ4v) is 2.25. The van der Waals surface area contributed by atoms with Crippen LogP contribution in [0.3, 0.4) is 0 Å². The molecular formula is C9H19NO3S. The van der Waals surface area contributed by atoms with Gasteiger partial charge in [0.2, 0.25) is 10.0 Å². The molecule has 1 atom stereocenters. The Kier molecular flexibility index (Phi) is 5.29. The Hall–Kier alpha value is -0.420. The molecule has 1 rings (SSSR count). The van der Waals surface area contributed by atoms with Crippen LogP contribution in [0.4, 0.5) is 0 Å². The van der Waals surface area contributed by atoms with Crippen LogP contribution in [0.15, 0.2) is 0 Å². The van der Waals surface area contributed by atoms with E-state index in [2.05, 4.69) is 0 Å². The molecule has 1 saturated heterocycles. The summed E-state index contributed by atoms with van der Waals surface area (Å²) in [5.41, 5.74) is 0. The maximum atomic E-state index is 11.0. The molecule has 1 heterocycles. The molecule has 0 aliphatic carbocycles. The van der Waals surface area contributed by atoms with Crippen molar-refractivity contribution in [1.29, 1.82) is 0 Å². The summed E-state index contributed by atoms with van der Waals surface area (Å²) in [6.07, 6.45) is 1.85. The first-order valence-corrected chi connectivity index (χ1v) is 6.71. The molecule has 0 spiro atoms. The van der Waals surface area contributed by atoms with Crippen molar-refractivity contribution in [2.24, 2.45) is 5.92 Å². The van der Waals surface area contributed by atoms with Gasteiger partial charge in [-0.05, 0) is 13.3 Å². The molecule has 0 bridgehead atoms. The smallest absolute Gasteiger partial charge is 0.211 e. The monoisotopic (exact) mass is 221 g/mol. The molecule has 1 aliphatic heterocycles. The second kappa shape index (κ2) is 5.46. The van der Waals surface area contributed by atoms with E-state index < -0.39 is 10.0 Å². The number of carbonyl (C=O) groups excluding carboxylic acids is 1. The van der Waals surface area contributed by atoms with Crippen LogP contribution in [-0.4, -0.2) is 37.9 Å². The molecule has 0 radical (unpaired) electrons. The lowest BCUT2D eigenvalue weighted by atomic mass is 10.1. The van der Waals surface area contributed by atoms with Crippen LogP contribution in [0.5, 0.6) is 0 Å². The first-order valence-electron chi connectivity index (χ1n) is 4.87. The fourth-order valence-electron chi connectivity index (χ4n) is 1.36. The van der Waals surface area contributed by atoms with E-state index in [1.807, 2.05) is 13.8 Å². The Morgan fingerprint density at radius 1 is 1.36 bits per heavy atom. The predicted molar refractivity (Wildman–Crippen MR) is 56.6 cm³/mol. The maximum Gasteiger partial charge on any atom is 0.211 e. The zero-order chi connectivity index (χ0) is 11.4. The molecule has 0 saturated carbocycles. The van der Waals surface area contributed by atoms with Crippen molar-refractivity contribution in [3.8, 4) is 0 Å². The minimum absolute atomic E-state index is 0.0836. The summed E-state index contributed by atoms with van der Waals surface area (Å²) < 4.78 is 23.4. The number of carbonyl (C=O) groups is 1. The molecule has 5 heteroatoms. The molecule has 0 amide bonds. The van der Waals surface area contributed by atoms with Gasteiger partial charge in [0.15, 0.2) is 0 Å². The van der Waals surface area contributed by atoms with Crippen LogP contribution in [-0.2, 0) is 14.8 Å². The van der Waals surface area contributed by atoms with Gasteiger partial charge >= 0.3 is 0 Å². The Balaban J connectivity index is 0.000000791. The highest BCUT2D eigenvalue weighted by Crippen LogP contribution is 2.18.